The molecule has 3 atom stereocenters. The van der Waals surface area contributed by atoms with Crippen LogP contribution in [0.15, 0.2) is 0 Å². The molecule has 2 nitrogen and oxygen atoms in total. The van der Waals surface area contributed by atoms with Crippen LogP contribution in [0.3, 0.4) is 0 Å². The van der Waals surface area contributed by atoms with Crippen LogP contribution >= 0.6 is 0 Å². The van der Waals surface area contributed by atoms with Crippen molar-refractivity contribution >= 4 is 7.85 Å². The molecule has 3 unspecified atom stereocenters. The van der Waals surface area contributed by atoms with Gasteiger partial charge in [0.05, 0.1) is 18.8 Å². The molecule has 16 heavy (non-hydrogen) atoms. The molecule has 90 valence electrons. The molecule has 2 heterocycles. The van der Waals surface area contributed by atoms with Gasteiger partial charge in [0, 0.05) is 6.04 Å². The average molecular weight is 221 g/mol. The third kappa shape index (κ3) is 1.55. The lowest BCUT2D eigenvalue weighted by molar-refractivity contribution is -0.122. The number of fused-ring (bicyclic) bond motifs is 1. The third-order valence-corrected chi connectivity index (χ3v) is 5.34. The highest BCUT2D eigenvalue weighted by Gasteiger charge is 2.54. The minimum atomic E-state index is 0.433. The van der Waals surface area contributed by atoms with Gasteiger partial charge in [0.1, 0.15) is 7.85 Å². The van der Waals surface area contributed by atoms with E-state index in [1.807, 2.05) is 0 Å². The highest BCUT2D eigenvalue weighted by Crippen LogP contribution is 2.51. The van der Waals surface area contributed by atoms with Crippen molar-refractivity contribution in [2.24, 2.45) is 5.92 Å². The molecule has 1 aliphatic carbocycles. The lowest BCUT2D eigenvalue weighted by Crippen LogP contribution is -2.58. The molecule has 3 fully saturated rings. The van der Waals surface area contributed by atoms with Gasteiger partial charge in [-0.3, -0.25) is 4.90 Å². The van der Waals surface area contributed by atoms with Gasteiger partial charge in [-0.2, -0.15) is 0 Å². The molecule has 2 saturated heterocycles. The van der Waals surface area contributed by atoms with Gasteiger partial charge in [-0.15, -0.1) is 0 Å². The molecule has 0 radical (unpaired) electrons. The Morgan fingerprint density at radius 2 is 2.06 bits per heavy atom. The molecule has 3 aliphatic rings. The highest BCUT2D eigenvalue weighted by molar-refractivity contribution is 6.14. The van der Waals surface area contributed by atoms with Crippen LogP contribution in [0.25, 0.3) is 0 Å². The van der Waals surface area contributed by atoms with Crippen molar-refractivity contribution in [3.63, 3.8) is 0 Å². The van der Waals surface area contributed by atoms with Gasteiger partial charge in [-0.25, -0.2) is 0 Å². The molecule has 0 N–H and O–H groups in total. The summed E-state index contributed by atoms with van der Waals surface area (Å²) in [6.45, 7) is 4.42. The van der Waals surface area contributed by atoms with Crippen molar-refractivity contribution in [1.29, 1.82) is 0 Å². The summed E-state index contributed by atoms with van der Waals surface area (Å²) in [4.78, 5) is 2.67. The Morgan fingerprint density at radius 3 is 2.69 bits per heavy atom. The summed E-state index contributed by atoms with van der Waals surface area (Å²) in [5.74, 6) is 0.923. The second-order valence-electron chi connectivity index (χ2n) is 7.12. The summed E-state index contributed by atoms with van der Waals surface area (Å²) in [7, 11) is 4.79. The number of hydrogen-bond acceptors (Lipinski definition) is 2. The molecule has 2 aliphatic heterocycles. The van der Waals surface area contributed by atoms with E-state index in [9.17, 15) is 0 Å². The van der Waals surface area contributed by atoms with E-state index >= 15 is 0 Å². The highest BCUT2D eigenvalue weighted by atomic mass is 16.5. The van der Waals surface area contributed by atoms with E-state index in [0.717, 1.165) is 25.2 Å². The maximum atomic E-state index is 5.48. The summed E-state index contributed by atoms with van der Waals surface area (Å²) in [6, 6.07) is 0.839. The predicted molar refractivity (Wildman–Crippen MR) is 68.6 cm³/mol. The van der Waals surface area contributed by atoms with Crippen LogP contribution in [0.1, 0.15) is 39.0 Å². The van der Waals surface area contributed by atoms with E-state index in [-0.39, 0.29) is 0 Å². The van der Waals surface area contributed by atoms with Crippen molar-refractivity contribution in [3.8, 4) is 0 Å². The van der Waals surface area contributed by atoms with Gasteiger partial charge in [0.2, 0.25) is 0 Å². The van der Waals surface area contributed by atoms with E-state index in [0.29, 0.717) is 10.9 Å². The first-order chi connectivity index (χ1) is 7.53. The van der Waals surface area contributed by atoms with Gasteiger partial charge >= 0.3 is 0 Å². The summed E-state index contributed by atoms with van der Waals surface area (Å²) < 4.78 is 5.48. The van der Waals surface area contributed by atoms with E-state index in [1.165, 1.54) is 32.1 Å². The SMILES string of the molecule is BC1(C)CCCC2C(C1)CC1(COC1)N2C. The average Bonchev–Trinajstić information content (AvgIpc) is 2.33. The Balaban J connectivity index is 1.80. The molecular formula is C13H24BNO. The summed E-state index contributed by atoms with van der Waals surface area (Å²) in [5, 5.41) is 0.566. The second-order valence-corrected chi connectivity index (χ2v) is 7.12. The zero-order valence-electron chi connectivity index (χ0n) is 11.0. The minimum absolute atomic E-state index is 0.433. The van der Waals surface area contributed by atoms with Crippen LogP contribution < -0.4 is 0 Å². The fourth-order valence-electron chi connectivity index (χ4n) is 4.33. The molecule has 0 aromatic carbocycles. The molecule has 1 spiro atoms. The molecule has 0 aromatic rings. The van der Waals surface area contributed by atoms with Crippen molar-refractivity contribution in [2.45, 2.75) is 55.9 Å². The van der Waals surface area contributed by atoms with Gasteiger partial charge in [0.15, 0.2) is 0 Å². The lowest BCUT2D eigenvalue weighted by atomic mass is 9.63. The maximum absolute atomic E-state index is 5.48. The molecule has 3 heteroatoms. The Morgan fingerprint density at radius 1 is 1.31 bits per heavy atom. The largest absolute Gasteiger partial charge is 0.377 e. The van der Waals surface area contributed by atoms with Gasteiger partial charge < -0.3 is 4.74 Å². The lowest BCUT2D eigenvalue weighted by Gasteiger charge is -2.45. The number of likely N-dealkylation sites (tertiary alicyclic amines) is 1. The fraction of sp³-hybridized carbons (Fsp3) is 1.00. The van der Waals surface area contributed by atoms with Crippen molar-refractivity contribution in [1.82, 2.24) is 4.90 Å². The van der Waals surface area contributed by atoms with Crippen molar-refractivity contribution < 1.29 is 4.74 Å². The first-order valence-electron chi connectivity index (χ1n) is 6.83. The summed E-state index contributed by atoms with van der Waals surface area (Å²) >= 11 is 0. The van der Waals surface area contributed by atoms with Crippen LogP contribution in [0, 0.1) is 5.92 Å². The Kier molecular flexibility index (Phi) is 2.42. The Hall–Kier alpha value is -0.0151. The second kappa shape index (κ2) is 3.49. The number of rotatable bonds is 0. The Bertz CT molecular complexity index is 288. The van der Waals surface area contributed by atoms with Gasteiger partial charge in [0.25, 0.3) is 0 Å². The third-order valence-electron chi connectivity index (χ3n) is 5.34. The van der Waals surface area contributed by atoms with Crippen LogP contribution in [0.5, 0.6) is 0 Å². The molecule has 3 rings (SSSR count). The van der Waals surface area contributed by atoms with E-state index in [1.54, 1.807) is 0 Å². The number of hydrogen-bond donors (Lipinski definition) is 0. The summed E-state index contributed by atoms with van der Waals surface area (Å²) in [5.41, 5.74) is 0.433. The maximum Gasteiger partial charge on any atom is 0.109 e. The normalized spacial score (nSPS) is 47.4. The quantitative estimate of drug-likeness (QED) is 0.574. The monoisotopic (exact) mass is 221 g/mol. The molecule has 0 amide bonds. The number of ether oxygens (including phenoxy) is 1. The minimum Gasteiger partial charge on any atom is -0.377 e. The van der Waals surface area contributed by atoms with Crippen LogP contribution in [0.4, 0.5) is 0 Å². The van der Waals surface area contributed by atoms with Crippen molar-refractivity contribution in [3.05, 3.63) is 0 Å². The molecule has 0 bridgehead atoms. The smallest absolute Gasteiger partial charge is 0.109 e. The van der Waals surface area contributed by atoms with Crippen LogP contribution in [-0.2, 0) is 4.74 Å². The first kappa shape index (κ1) is 11.1. The van der Waals surface area contributed by atoms with E-state index in [2.05, 4.69) is 26.7 Å². The van der Waals surface area contributed by atoms with E-state index < -0.39 is 0 Å². The zero-order valence-corrected chi connectivity index (χ0v) is 11.0. The van der Waals surface area contributed by atoms with E-state index in [4.69, 9.17) is 4.74 Å². The molecular weight excluding hydrogens is 197 g/mol. The zero-order chi connectivity index (χ0) is 11.4. The summed E-state index contributed by atoms with van der Waals surface area (Å²) in [6.07, 6.45) is 7.04. The van der Waals surface area contributed by atoms with Crippen LogP contribution in [-0.4, -0.2) is 44.6 Å². The Labute approximate surface area is 100 Å². The van der Waals surface area contributed by atoms with Gasteiger partial charge in [-0.1, -0.05) is 31.5 Å². The number of nitrogens with zero attached hydrogens (tertiary/aromatic N) is 1. The first-order valence-corrected chi connectivity index (χ1v) is 6.83. The van der Waals surface area contributed by atoms with Crippen molar-refractivity contribution in [2.75, 3.05) is 20.3 Å². The molecule has 1 saturated carbocycles. The number of likely N-dealkylation sites (N-methyl/N-ethyl adjacent to an activating group) is 1. The fourth-order valence-corrected chi connectivity index (χ4v) is 4.33. The predicted octanol–water partition coefficient (Wildman–Crippen LogP) is 1.46. The van der Waals surface area contributed by atoms with Crippen LogP contribution in [0.2, 0.25) is 5.31 Å². The molecule has 0 aromatic heterocycles. The topological polar surface area (TPSA) is 12.5 Å². The standard InChI is InChI=1S/C13H24BNO/c1-12(14)5-3-4-11-10(6-12)7-13(15(11)2)8-16-9-13/h10-11H,3-9,14H2,1-2H3. The van der Waals surface area contributed by atoms with Gasteiger partial charge in [-0.05, 0) is 25.8 Å².